The molecular weight excluding hydrogens is 272 g/mol. The second-order valence-electron chi connectivity index (χ2n) is 5.74. The molecule has 3 rings (SSSR count). The molecule has 0 bridgehead atoms. The molecule has 1 aliphatic rings. The number of aromatic amines is 1. The summed E-state index contributed by atoms with van der Waals surface area (Å²) < 4.78 is 0. The van der Waals surface area contributed by atoms with Crippen LogP contribution in [0.1, 0.15) is 43.7 Å². The average molecular weight is 295 g/mol. The van der Waals surface area contributed by atoms with E-state index < -0.39 is 6.10 Å². The van der Waals surface area contributed by atoms with Crippen molar-refractivity contribution < 1.29 is 5.11 Å². The number of H-pyrrole nitrogens is 1. The van der Waals surface area contributed by atoms with Gasteiger partial charge < -0.3 is 15.8 Å². The van der Waals surface area contributed by atoms with Crippen molar-refractivity contribution in [3.8, 4) is 0 Å². The predicted molar refractivity (Wildman–Crippen MR) is 85.1 cm³/mol. The summed E-state index contributed by atoms with van der Waals surface area (Å²) in [6.07, 6.45) is 7.48. The van der Waals surface area contributed by atoms with Crippen LogP contribution in [0.15, 0.2) is 30.5 Å². The molecule has 0 saturated heterocycles. The predicted octanol–water partition coefficient (Wildman–Crippen LogP) is 3.53. The molecule has 2 aromatic rings. The van der Waals surface area contributed by atoms with Crippen molar-refractivity contribution in [2.45, 2.75) is 44.2 Å². The van der Waals surface area contributed by atoms with E-state index in [1.54, 1.807) is 0 Å². The summed E-state index contributed by atoms with van der Waals surface area (Å²) in [5.41, 5.74) is 8.37. The van der Waals surface area contributed by atoms with Gasteiger partial charge in [0.05, 0.1) is 12.1 Å². The smallest absolute Gasteiger partial charge is 0.0760 e. The number of halogens is 1. The molecule has 20 heavy (non-hydrogen) atoms. The van der Waals surface area contributed by atoms with Gasteiger partial charge in [0.15, 0.2) is 0 Å². The number of nitrogens with two attached hydrogens (primary N) is 1. The third kappa shape index (κ3) is 3.00. The summed E-state index contributed by atoms with van der Waals surface area (Å²) in [6.45, 7) is 0. The third-order valence-corrected chi connectivity index (χ3v) is 4.46. The van der Waals surface area contributed by atoms with Crippen LogP contribution < -0.4 is 5.73 Å². The minimum absolute atomic E-state index is 0. The molecule has 0 aliphatic heterocycles. The number of benzene rings is 1. The standard InChI is InChI=1S/C16H22N2O.ClH/c17-15(16(19)12-4-2-1-3-5-12)13-7-6-11-8-9-18-14(11)10-13;/h6-10,12,15-16,18-19H,1-5,17H2;1H/t15-,16+;/m1./s1. The fourth-order valence-corrected chi connectivity index (χ4v) is 3.24. The van der Waals surface area contributed by atoms with Crippen molar-refractivity contribution in [3.05, 3.63) is 36.0 Å². The zero-order chi connectivity index (χ0) is 13.2. The molecule has 1 heterocycles. The highest BCUT2D eigenvalue weighted by molar-refractivity contribution is 5.85. The number of fused-ring (bicyclic) bond motifs is 1. The maximum atomic E-state index is 10.5. The minimum Gasteiger partial charge on any atom is -0.391 e. The summed E-state index contributed by atoms with van der Waals surface area (Å²) in [5.74, 6) is 0.364. The molecule has 0 amide bonds. The zero-order valence-corrected chi connectivity index (χ0v) is 12.4. The SMILES string of the molecule is Cl.N[C@H](c1ccc2cc[nH]c2c1)[C@@H](O)C1CCCCC1. The number of aliphatic hydroxyl groups excluding tert-OH is 1. The van der Waals surface area contributed by atoms with Crippen LogP contribution in [0.4, 0.5) is 0 Å². The second-order valence-corrected chi connectivity index (χ2v) is 5.74. The van der Waals surface area contributed by atoms with Crippen LogP contribution in [0.25, 0.3) is 10.9 Å². The third-order valence-electron chi connectivity index (χ3n) is 4.46. The molecule has 1 aromatic heterocycles. The topological polar surface area (TPSA) is 62.0 Å². The van der Waals surface area contributed by atoms with Gasteiger partial charge in [-0.1, -0.05) is 31.4 Å². The molecule has 0 radical (unpaired) electrons. The van der Waals surface area contributed by atoms with Crippen LogP contribution in [0.5, 0.6) is 0 Å². The van der Waals surface area contributed by atoms with Crippen molar-refractivity contribution in [3.63, 3.8) is 0 Å². The summed E-state index contributed by atoms with van der Waals surface area (Å²) in [4.78, 5) is 3.20. The lowest BCUT2D eigenvalue weighted by atomic mass is 9.81. The number of aliphatic hydroxyl groups is 1. The van der Waals surface area contributed by atoms with E-state index in [9.17, 15) is 5.11 Å². The summed E-state index contributed by atoms with van der Waals surface area (Å²) in [7, 11) is 0. The molecule has 1 aliphatic carbocycles. The van der Waals surface area contributed by atoms with Crippen molar-refractivity contribution in [1.29, 1.82) is 0 Å². The van der Waals surface area contributed by atoms with E-state index in [0.717, 1.165) is 23.9 Å². The van der Waals surface area contributed by atoms with Gasteiger partial charge in [-0.25, -0.2) is 0 Å². The maximum absolute atomic E-state index is 10.5. The van der Waals surface area contributed by atoms with E-state index in [-0.39, 0.29) is 18.4 Å². The van der Waals surface area contributed by atoms with Gasteiger partial charge in [0.25, 0.3) is 0 Å². The van der Waals surface area contributed by atoms with E-state index in [4.69, 9.17) is 5.73 Å². The van der Waals surface area contributed by atoms with Crippen LogP contribution in [0, 0.1) is 5.92 Å². The van der Waals surface area contributed by atoms with Gasteiger partial charge in [0.2, 0.25) is 0 Å². The van der Waals surface area contributed by atoms with Crippen LogP contribution in [-0.2, 0) is 0 Å². The van der Waals surface area contributed by atoms with Gasteiger partial charge in [-0.05, 0) is 41.8 Å². The Bertz CT molecular complexity index is 548. The summed E-state index contributed by atoms with van der Waals surface area (Å²) in [5, 5.41) is 11.7. The number of rotatable bonds is 3. The first kappa shape index (κ1) is 15.4. The molecule has 1 aromatic carbocycles. The summed E-state index contributed by atoms with van der Waals surface area (Å²) >= 11 is 0. The average Bonchev–Trinajstić information content (AvgIpc) is 2.94. The Morgan fingerprint density at radius 1 is 1.15 bits per heavy atom. The highest BCUT2D eigenvalue weighted by Crippen LogP contribution is 2.32. The first-order valence-electron chi connectivity index (χ1n) is 7.26. The van der Waals surface area contributed by atoms with Crippen LogP contribution in [0.2, 0.25) is 0 Å². The quantitative estimate of drug-likeness (QED) is 0.811. The molecule has 3 nitrogen and oxygen atoms in total. The van der Waals surface area contributed by atoms with Crippen LogP contribution >= 0.6 is 12.4 Å². The van der Waals surface area contributed by atoms with Gasteiger partial charge in [-0.2, -0.15) is 0 Å². The first-order chi connectivity index (χ1) is 9.25. The van der Waals surface area contributed by atoms with Crippen molar-refractivity contribution in [2.24, 2.45) is 11.7 Å². The molecule has 1 saturated carbocycles. The molecule has 2 atom stereocenters. The maximum Gasteiger partial charge on any atom is 0.0760 e. The lowest BCUT2D eigenvalue weighted by Crippen LogP contribution is -2.34. The lowest BCUT2D eigenvalue weighted by Gasteiger charge is -2.30. The molecule has 1 fully saturated rings. The number of hydrogen-bond acceptors (Lipinski definition) is 2. The van der Waals surface area contributed by atoms with Crippen molar-refractivity contribution >= 4 is 23.3 Å². The Morgan fingerprint density at radius 2 is 1.90 bits per heavy atom. The Balaban J connectivity index is 0.00000147. The van der Waals surface area contributed by atoms with E-state index in [0.29, 0.717) is 5.92 Å². The van der Waals surface area contributed by atoms with Gasteiger partial charge >= 0.3 is 0 Å². The van der Waals surface area contributed by atoms with E-state index in [1.165, 1.54) is 24.6 Å². The van der Waals surface area contributed by atoms with E-state index in [1.807, 2.05) is 18.3 Å². The largest absolute Gasteiger partial charge is 0.391 e. The molecular formula is C16H23ClN2O. The first-order valence-corrected chi connectivity index (χ1v) is 7.26. The lowest BCUT2D eigenvalue weighted by molar-refractivity contribution is 0.0618. The van der Waals surface area contributed by atoms with Gasteiger partial charge in [-0.15, -0.1) is 12.4 Å². The van der Waals surface area contributed by atoms with Gasteiger partial charge in [0, 0.05) is 11.7 Å². The second kappa shape index (κ2) is 6.61. The zero-order valence-electron chi connectivity index (χ0n) is 11.6. The number of hydrogen-bond donors (Lipinski definition) is 3. The van der Waals surface area contributed by atoms with E-state index >= 15 is 0 Å². The van der Waals surface area contributed by atoms with E-state index in [2.05, 4.69) is 17.1 Å². The molecule has 0 unspecified atom stereocenters. The highest BCUT2D eigenvalue weighted by atomic mass is 35.5. The fraction of sp³-hybridized carbons (Fsp3) is 0.500. The number of aromatic nitrogens is 1. The Hall–Kier alpha value is -1.03. The normalized spacial score (nSPS) is 19.5. The summed E-state index contributed by atoms with van der Waals surface area (Å²) in [6, 6.07) is 7.92. The Morgan fingerprint density at radius 3 is 2.65 bits per heavy atom. The fourth-order valence-electron chi connectivity index (χ4n) is 3.24. The highest BCUT2D eigenvalue weighted by Gasteiger charge is 2.27. The van der Waals surface area contributed by atoms with Crippen molar-refractivity contribution in [2.75, 3.05) is 0 Å². The molecule has 4 N–H and O–H groups in total. The van der Waals surface area contributed by atoms with Gasteiger partial charge in [0.1, 0.15) is 0 Å². The monoisotopic (exact) mass is 294 g/mol. The van der Waals surface area contributed by atoms with Crippen molar-refractivity contribution in [1.82, 2.24) is 4.98 Å². The van der Waals surface area contributed by atoms with Gasteiger partial charge in [-0.3, -0.25) is 0 Å². The molecule has 0 spiro atoms. The van der Waals surface area contributed by atoms with Crippen LogP contribution in [-0.4, -0.2) is 16.2 Å². The Kier molecular flexibility index (Phi) is 5.08. The number of nitrogens with one attached hydrogen (secondary N) is 1. The van der Waals surface area contributed by atoms with Crippen LogP contribution in [0.3, 0.4) is 0 Å². The minimum atomic E-state index is -0.423. The molecule has 110 valence electrons. The molecule has 4 heteroatoms. The Labute approximate surface area is 126 Å².